The summed E-state index contributed by atoms with van der Waals surface area (Å²) in [6.07, 6.45) is 2.45. The number of carbonyl (C=O) groups is 3. The van der Waals surface area contributed by atoms with Crippen molar-refractivity contribution in [2.45, 2.75) is 31.8 Å². The van der Waals surface area contributed by atoms with Gasteiger partial charge in [-0.15, -0.1) is 0 Å². The zero-order valence-electron chi connectivity index (χ0n) is 16.7. The minimum absolute atomic E-state index is 0.0532. The summed E-state index contributed by atoms with van der Waals surface area (Å²) in [6, 6.07) is 10.9. The van der Waals surface area contributed by atoms with Crippen molar-refractivity contribution in [3.8, 4) is 0 Å². The standard InChI is InChI=1S/C22H21N5O4/c28-19(10-13-3-5-14(6-4-13)15-7-8-23-21(15)29)24-20-16-11-27(12-17(16)25-26-20)22(30)18-2-1-9-31-18/h1-6,9,15H,7-8,10-12H2,(H,23,29)(H2,24,25,26,28). The molecule has 9 heteroatoms. The molecule has 0 bridgehead atoms. The smallest absolute Gasteiger partial charge is 0.290 e. The van der Waals surface area contributed by atoms with Crippen LogP contribution in [0.4, 0.5) is 5.82 Å². The number of hydrogen-bond donors (Lipinski definition) is 3. The van der Waals surface area contributed by atoms with Gasteiger partial charge in [0.15, 0.2) is 11.6 Å². The topological polar surface area (TPSA) is 120 Å². The first kappa shape index (κ1) is 19.1. The molecule has 158 valence electrons. The van der Waals surface area contributed by atoms with Crippen molar-refractivity contribution in [1.29, 1.82) is 0 Å². The Labute approximate surface area is 177 Å². The highest BCUT2D eigenvalue weighted by Gasteiger charge is 2.30. The summed E-state index contributed by atoms with van der Waals surface area (Å²) in [7, 11) is 0. The van der Waals surface area contributed by atoms with Gasteiger partial charge in [-0.2, -0.15) is 5.10 Å². The van der Waals surface area contributed by atoms with Gasteiger partial charge in [0.05, 0.1) is 37.4 Å². The van der Waals surface area contributed by atoms with Crippen molar-refractivity contribution in [3.63, 3.8) is 0 Å². The van der Waals surface area contributed by atoms with Gasteiger partial charge in [-0.05, 0) is 29.7 Å². The molecule has 1 fully saturated rings. The third-order valence-electron chi connectivity index (χ3n) is 5.72. The molecule has 9 nitrogen and oxygen atoms in total. The molecule has 2 aromatic heterocycles. The summed E-state index contributed by atoms with van der Waals surface area (Å²) in [4.78, 5) is 38.5. The highest BCUT2D eigenvalue weighted by atomic mass is 16.3. The largest absolute Gasteiger partial charge is 0.459 e. The minimum Gasteiger partial charge on any atom is -0.459 e. The van der Waals surface area contributed by atoms with Crippen LogP contribution in [0.2, 0.25) is 0 Å². The third kappa shape index (κ3) is 3.70. The Morgan fingerprint density at radius 1 is 1.19 bits per heavy atom. The first-order valence-corrected chi connectivity index (χ1v) is 10.1. The Kier molecular flexibility index (Phi) is 4.78. The Bertz CT molecular complexity index is 1130. The second-order valence-corrected chi connectivity index (χ2v) is 7.77. The van der Waals surface area contributed by atoms with E-state index in [0.29, 0.717) is 25.5 Å². The normalized spacial score (nSPS) is 17.5. The lowest BCUT2D eigenvalue weighted by Crippen LogP contribution is -2.25. The number of aromatic nitrogens is 2. The molecule has 5 rings (SSSR count). The van der Waals surface area contributed by atoms with E-state index in [1.165, 1.54) is 6.26 Å². The van der Waals surface area contributed by atoms with Crippen molar-refractivity contribution >= 4 is 23.5 Å². The Balaban J connectivity index is 1.21. The average molecular weight is 419 g/mol. The maximum Gasteiger partial charge on any atom is 0.290 e. The molecule has 4 heterocycles. The second kappa shape index (κ2) is 7.75. The van der Waals surface area contributed by atoms with Crippen LogP contribution in [0.1, 0.15) is 45.3 Å². The van der Waals surface area contributed by atoms with Gasteiger partial charge >= 0.3 is 0 Å². The number of nitrogens with one attached hydrogen (secondary N) is 3. The van der Waals surface area contributed by atoms with E-state index >= 15 is 0 Å². The van der Waals surface area contributed by atoms with Gasteiger partial charge in [0, 0.05) is 12.1 Å². The van der Waals surface area contributed by atoms with Crippen molar-refractivity contribution < 1.29 is 18.8 Å². The average Bonchev–Trinajstić information content (AvgIpc) is 3.54. The number of H-pyrrole nitrogens is 1. The second-order valence-electron chi connectivity index (χ2n) is 7.77. The number of hydrogen-bond acceptors (Lipinski definition) is 5. The van der Waals surface area contributed by atoms with E-state index in [-0.39, 0.29) is 35.8 Å². The molecule has 2 aliphatic rings. The van der Waals surface area contributed by atoms with E-state index in [1.807, 2.05) is 24.3 Å². The van der Waals surface area contributed by atoms with Crippen LogP contribution in [0.3, 0.4) is 0 Å². The maximum absolute atomic E-state index is 12.6. The van der Waals surface area contributed by atoms with Crippen LogP contribution in [0.15, 0.2) is 47.1 Å². The fourth-order valence-corrected chi connectivity index (χ4v) is 4.08. The van der Waals surface area contributed by atoms with Crippen LogP contribution >= 0.6 is 0 Å². The highest BCUT2D eigenvalue weighted by molar-refractivity contribution is 5.94. The maximum atomic E-state index is 12.6. The monoisotopic (exact) mass is 419 g/mol. The first-order valence-electron chi connectivity index (χ1n) is 10.1. The fraction of sp³-hybridized carbons (Fsp3) is 0.273. The zero-order valence-corrected chi connectivity index (χ0v) is 16.7. The predicted octanol–water partition coefficient (Wildman–Crippen LogP) is 1.94. The lowest BCUT2D eigenvalue weighted by molar-refractivity contribution is -0.120. The molecule has 1 atom stereocenters. The summed E-state index contributed by atoms with van der Waals surface area (Å²) in [5, 5.41) is 12.8. The fourth-order valence-electron chi connectivity index (χ4n) is 4.08. The minimum atomic E-state index is -0.206. The molecular formula is C22H21N5O4. The van der Waals surface area contributed by atoms with E-state index in [9.17, 15) is 14.4 Å². The van der Waals surface area contributed by atoms with E-state index in [2.05, 4.69) is 20.8 Å². The SMILES string of the molecule is O=C(Cc1ccc(C2CCNC2=O)cc1)Nc1n[nH]c2c1CN(C(=O)c1ccco1)C2. The van der Waals surface area contributed by atoms with Crippen LogP contribution < -0.4 is 10.6 Å². The predicted molar refractivity (Wildman–Crippen MR) is 110 cm³/mol. The molecule has 3 N–H and O–H groups in total. The van der Waals surface area contributed by atoms with E-state index in [0.717, 1.165) is 28.8 Å². The van der Waals surface area contributed by atoms with Crippen LogP contribution in [0.25, 0.3) is 0 Å². The number of rotatable bonds is 5. The van der Waals surface area contributed by atoms with Gasteiger partial charge in [-0.3, -0.25) is 19.5 Å². The summed E-state index contributed by atoms with van der Waals surface area (Å²) < 4.78 is 5.18. The lowest BCUT2D eigenvalue weighted by Gasteiger charge is -2.14. The number of furan rings is 1. The molecule has 1 aromatic carbocycles. The molecule has 0 radical (unpaired) electrons. The quantitative estimate of drug-likeness (QED) is 0.584. The van der Waals surface area contributed by atoms with Crippen molar-refractivity contribution in [1.82, 2.24) is 20.4 Å². The van der Waals surface area contributed by atoms with Gasteiger partial charge in [-0.1, -0.05) is 24.3 Å². The van der Waals surface area contributed by atoms with Crippen molar-refractivity contribution in [2.75, 3.05) is 11.9 Å². The number of anilines is 1. The van der Waals surface area contributed by atoms with E-state index in [1.54, 1.807) is 17.0 Å². The molecule has 0 aliphatic carbocycles. The molecule has 3 aromatic rings. The molecule has 3 amide bonds. The Morgan fingerprint density at radius 3 is 2.74 bits per heavy atom. The number of amides is 3. The van der Waals surface area contributed by atoms with Crippen LogP contribution in [-0.2, 0) is 29.1 Å². The number of nitrogens with zero attached hydrogens (tertiary/aromatic N) is 2. The van der Waals surface area contributed by atoms with Crippen LogP contribution in [0, 0.1) is 0 Å². The Morgan fingerprint density at radius 2 is 2.03 bits per heavy atom. The van der Waals surface area contributed by atoms with Gasteiger partial charge in [0.25, 0.3) is 5.91 Å². The number of carbonyl (C=O) groups excluding carboxylic acids is 3. The molecule has 1 saturated heterocycles. The zero-order chi connectivity index (χ0) is 21.4. The summed E-state index contributed by atoms with van der Waals surface area (Å²) in [6.45, 7) is 1.43. The van der Waals surface area contributed by atoms with Gasteiger partial charge < -0.3 is 20.0 Å². The number of benzene rings is 1. The van der Waals surface area contributed by atoms with E-state index < -0.39 is 0 Å². The number of fused-ring (bicyclic) bond motifs is 1. The van der Waals surface area contributed by atoms with Crippen LogP contribution in [-0.4, -0.2) is 39.4 Å². The Hall–Kier alpha value is -3.88. The highest BCUT2D eigenvalue weighted by Crippen LogP contribution is 2.28. The summed E-state index contributed by atoms with van der Waals surface area (Å²) >= 11 is 0. The number of aromatic amines is 1. The third-order valence-corrected chi connectivity index (χ3v) is 5.72. The van der Waals surface area contributed by atoms with Gasteiger partial charge in [-0.25, -0.2) is 0 Å². The molecule has 0 spiro atoms. The lowest BCUT2D eigenvalue weighted by atomic mass is 9.96. The van der Waals surface area contributed by atoms with E-state index in [4.69, 9.17) is 4.42 Å². The van der Waals surface area contributed by atoms with Gasteiger partial charge in [0.2, 0.25) is 11.8 Å². The summed E-state index contributed by atoms with van der Waals surface area (Å²) in [5.74, 6) is 0.259. The summed E-state index contributed by atoms with van der Waals surface area (Å²) in [5.41, 5.74) is 3.41. The van der Waals surface area contributed by atoms with Crippen molar-refractivity contribution in [3.05, 3.63) is 70.8 Å². The first-order chi connectivity index (χ1) is 15.1. The molecule has 31 heavy (non-hydrogen) atoms. The molecular weight excluding hydrogens is 398 g/mol. The molecule has 1 unspecified atom stereocenters. The molecule has 0 saturated carbocycles. The molecule has 2 aliphatic heterocycles. The van der Waals surface area contributed by atoms with Gasteiger partial charge in [0.1, 0.15) is 0 Å². The van der Waals surface area contributed by atoms with Crippen molar-refractivity contribution in [2.24, 2.45) is 0 Å². The van der Waals surface area contributed by atoms with Crippen LogP contribution in [0.5, 0.6) is 0 Å².